The Morgan fingerprint density at radius 3 is 3.00 bits per heavy atom. The average Bonchev–Trinajstić information content (AvgIpc) is 1.88. The molecule has 1 aromatic rings. The van der Waals surface area contributed by atoms with Gasteiger partial charge in [0.05, 0.1) is 6.20 Å². The summed E-state index contributed by atoms with van der Waals surface area (Å²) >= 11 is 0. The number of hydrogen-bond donors (Lipinski definition) is 1. The SMILES string of the molecule is CNCc1cncc(F)c1. The predicted octanol–water partition coefficient (Wildman–Crippen LogP) is 0.940. The van der Waals surface area contributed by atoms with E-state index in [1.807, 2.05) is 7.05 Å². The van der Waals surface area contributed by atoms with Crippen molar-refractivity contribution in [2.75, 3.05) is 7.05 Å². The van der Waals surface area contributed by atoms with Crippen LogP contribution in [0.2, 0.25) is 0 Å². The third kappa shape index (κ3) is 1.77. The van der Waals surface area contributed by atoms with Crippen molar-refractivity contribution in [1.82, 2.24) is 10.3 Å². The molecule has 0 aliphatic rings. The number of nitrogens with zero attached hydrogens (tertiary/aromatic N) is 1. The number of halogens is 1. The highest BCUT2D eigenvalue weighted by atomic mass is 19.1. The van der Waals surface area contributed by atoms with Crippen LogP contribution in [-0.4, -0.2) is 12.0 Å². The molecule has 0 amide bonds. The molecule has 0 saturated heterocycles. The summed E-state index contributed by atoms with van der Waals surface area (Å²) in [6, 6.07) is 1.46. The summed E-state index contributed by atoms with van der Waals surface area (Å²) < 4.78 is 12.4. The molecule has 54 valence electrons. The molecule has 1 rings (SSSR count). The first-order valence-electron chi connectivity index (χ1n) is 3.07. The molecule has 2 nitrogen and oxygen atoms in total. The number of hydrogen-bond acceptors (Lipinski definition) is 2. The Bertz CT molecular complexity index is 213. The van der Waals surface area contributed by atoms with E-state index in [9.17, 15) is 4.39 Å². The largest absolute Gasteiger partial charge is 0.316 e. The maximum absolute atomic E-state index is 12.4. The summed E-state index contributed by atoms with van der Waals surface area (Å²) in [6.45, 7) is 0.658. The standard InChI is InChI=1S/C7H9FN2/c1-9-3-6-2-7(8)5-10-4-6/h2,4-5,9H,3H2,1H3. The summed E-state index contributed by atoms with van der Waals surface area (Å²) in [4.78, 5) is 3.69. The van der Waals surface area contributed by atoms with Crippen LogP contribution < -0.4 is 5.32 Å². The molecule has 1 N–H and O–H groups in total. The lowest BCUT2D eigenvalue weighted by Crippen LogP contribution is -2.05. The fourth-order valence-electron chi connectivity index (χ4n) is 0.757. The summed E-state index contributed by atoms with van der Waals surface area (Å²) in [5.74, 6) is -0.284. The quantitative estimate of drug-likeness (QED) is 0.661. The van der Waals surface area contributed by atoms with E-state index in [-0.39, 0.29) is 5.82 Å². The van der Waals surface area contributed by atoms with E-state index in [1.165, 1.54) is 12.3 Å². The van der Waals surface area contributed by atoms with Gasteiger partial charge >= 0.3 is 0 Å². The van der Waals surface area contributed by atoms with E-state index >= 15 is 0 Å². The topological polar surface area (TPSA) is 24.9 Å². The zero-order chi connectivity index (χ0) is 7.40. The van der Waals surface area contributed by atoms with Crippen molar-refractivity contribution < 1.29 is 4.39 Å². The van der Waals surface area contributed by atoms with Crippen molar-refractivity contribution in [3.63, 3.8) is 0 Å². The second kappa shape index (κ2) is 3.27. The third-order valence-corrected chi connectivity index (χ3v) is 1.14. The van der Waals surface area contributed by atoms with Gasteiger partial charge in [-0.2, -0.15) is 0 Å². The van der Waals surface area contributed by atoms with Crippen molar-refractivity contribution in [3.8, 4) is 0 Å². The molecule has 0 atom stereocenters. The van der Waals surface area contributed by atoms with Gasteiger partial charge in [-0.15, -0.1) is 0 Å². The van der Waals surface area contributed by atoms with E-state index in [1.54, 1.807) is 6.20 Å². The second-order valence-corrected chi connectivity index (χ2v) is 2.04. The summed E-state index contributed by atoms with van der Waals surface area (Å²) in [5, 5.41) is 2.90. The van der Waals surface area contributed by atoms with Gasteiger partial charge in [0.15, 0.2) is 0 Å². The molecule has 0 radical (unpaired) electrons. The van der Waals surface area contributed by atoms with Gasteiger partial charge in [0.1, 0.15) is 5.82 Å². The molecule has 0 fully saturated rings. The van der Waals surface area contributed by atoms with Gasteiger partial charge in [-0.3, -0.25) is 4.98 Å². The van der Waals surface area contributed by atoms with Crippen LogP contribution in [0.3, 0.4) is 0 Å². The minimum atomic E-state index is -0.284. The Hall–Kier alpha value is -0.960. The van der Waals surface area contributed by atoms with Crippen molar-refractivity contribution >= 4 is 0 Å². The van der Waals surface area contributed by atoms with Crippen molar-refractivity contribution in [3.05, 3.63) is 29.8 Å². The molecule has 0 aliphatic heterocycles. The predicted molar refractivity (Wildman–Crippen MR) is 37.0 cm³/mol. The van der Waals surface area contributed by atoms with Gasteiger partial charge in [-0.25, -0.2) is 4.39 Å². The third-order valence-electron chi connectivity index (χ3n) is 1.14. The van der Waals surface area contributed by atoms with Crippen LogP contribution in [0.1, 0.15) is 5.56 Å². The molecule has 0 aliphatic carbocycles. The Morgan fingerprint density at radius 1 is 1.60 bits per heavy atom. The van der Waals surface area contributed by atoms with Crippen LogP contribution in [0.25, 0.3) is 0 Å². The lowest BCUT2D eigenvalue weighted by molar-refractivity contribution is 0.616. The molecule has 0 unspecified atom stereocenters. The number of aromatic nitrogens is 1. The Balaban J connectivity index is 2.75. The fourth-order valence-corrected chi connectivity index (χ4v) is 0.757. The van der Waals surface area contributed by atoms with Gasteiger partial charge in [-0.05, 0) is 18.7 Å². The first kappa shape index (κ1) is 7.15. The normalized spacial score (nSPS) is 9.80. The van der Waals surface area contributed by atoms with E-state index in [2.05, 4.69) is 10.3 Å². The smallest absolute Gasteiger partial charge is 0.141 e. The summed E-state index contributed by atoms with van der Waals surface area (Å²) in [5.41, 5.74) is 0.863. The van der Waals surface area contributed by atoms with E-state index in [0.29, 0.717) is 6.54 Å². The highest BCUT2D eigenvalue weighted by Gasteiger charge is 1.92. The van der Waals surface area contributed by atoms with Gasteiger partial charge in [0.25, 0.3) is 0 Å². The lowest BCUT2D eigenvalue weighted by atomic mass is 10.3. The monoisotopic (exact) mass is 140 g/mol. The zero-order valence-electron chi connectivity index (χ0n) is 5.76. The van der Waals surface area contributed by atoms with Crippen LogP contribution in [0.5, 0.6) is 0 Å². The van der Waals surface area contributed by atoms with E-state index in [0.717, 1.165) is 5.56 Å². The minimum absolute atomic E-state index is 0.284. The molecular formula is C7H9FN2. The molecule has 1 aromatic heterocycles. The van der Waals surface area contributed by atoms with Crippen LogP contribution in [0, 0.1) is 5.82 Å². The van der Waals surface area contributed by atoms with Crippen LogP contribution in [0.15, 0.2) is 18.5 Å². The lowest BCUT2D eigenvalue weighted by Gasteiger charge is -1.96. The van der Waals surface area contributed by atoms with Gasteiger partial charge in [0, 0.05) is 12.7 Å². The Labute approximate surface area is 59.1 Å². The highest BCUT2D eigenvalue weighted by Crippen LogP contribution is 1.98. The number of pyridine rings is 1. The second-order valence-electron chi connectivity index (χ2n) is 2.04. The number of rotatable bonds is 2. The fraction of sp³-hybridized carbons (Fsp3) is 0.286. The molecular weight excluding hydrogens is 131 g/mol. The zero-order valence-corrected chi connectivity index (χ0v) is 5.76. The van der Waals surface area contributed by atoms with E-state index in [4.69, 9.17) is 0 Å². The van der Waals surface area contributed by atoms with Crippen molar-refractivity contribution in [2.45, 2.75) is 6.54 Å². The first-order chi connectivity index (χ1) is 4.83. The molecule has 0 saturated carbocycles. The molecule has 3 heteroatoms. The maximum atomic E-state index is 12.4. The Morgan fingerprint density at radius 2 is 2.40 bits per heavy atom. The Kier molecular flexibility index (Phi) is 2.34. The average molecular weight is 140 g/mol. The van der Waals surface area contributed by atoms with Crippen LogP contribution >= 0.6 is 0 Å². The molecule has 1 heterocycles. The first-order valence-corrected chi connectivity index (χ1v) is 3.07. The number of nitrogens with one attached hydrogen (secondary N) is 1. The molecule has 0 bridgehead atoms. The van der Waals surface area contributed by atoms with E-state index < -0.39 is 0 Å². The molecule has 0 spiro atoms. The van der Waals surface area contributed by atoms with Gasteiger partial charge in [-0.1, -0.05) is 0 Å². The summed E-state index contributed by atoms with van der Waals surface area (Å²) in [6.07, 6.45) is 2.83. The van der Waals surface area contributed by atoms with Crippen LogP contribution in [-0.2, 0) is 6.54 Å². The summed E-state index contributed by atoms with van der Waals surface area (Å²) in [7, 11) is 1.81. The van der Waals surface area contributed by atoms with Crippen LogP contribution in [0.4, 0.5) is 4.39 Å². The molecule has 10 heavy (non-hydrogen) atoms. The van der Waals surface area contributed by atoms with Gasteiger partial charge in [0.2, 0.25) is 0 Å². The molecule has 0 aromatic carbocycles. The van der Waals surface area contributed by atoms with Crippen molar-refractivity contribution in [1.29, 1.82) is 0 Å². The maximum Gasteiger partial charge on any atom is 0.141 e. The van der Waals surface area contributed by atoms with Crippen molar-refractivity contribution in [2.24, 2.45) is 0 Å². The highest BCUT2D eigenvalue weighted by molar-refractivity contribution is 5.09. The minimum Gasteiger partial charge on any atom is -0.316 e. The van der Waals surface area contributed by atoms with Gasteiger partial charge < -0.3 is 5.32 Å².